The number of carbonyl (C=O) groups excluding carboxylic acids is 1. The Kier molecular flexibility index (Phi) is 6.26. The molecule has 0 unspecified atom stereocenters. The third kappa shape index (κ3) is 5.09. The maximum absolute atomic E-state index is 13.0. The molecule has 0 saturated carbocycles. The van der Waals surface area contributed by atoms with Crippen LogP contribution in [-0.4, -0.2) is 58.4 Å². The Morgan fingerprint density at radius 3 is 2.67 bits per heavy atom. The molecule has 3 rings (SSSR count). The Bertz CT molecular complexity index is 1020. The smallest absolute Gasteiger partial charge is 0.367 e. The van der Waals surface area contributed by atoms with Crippen molar-refractivity contribution in [2.45, 2.75) is 26.1 Å². The van der Waals surface area contributed by atoms with Crippen LogP contribution in [-0.2, 0) is 42.6 Å². The zero-order valence-electron chi connectivity index (χ0n) is 15.7. The van der Waals surface area contributed by atoms with Gasteiger partial charge in [0.1, 0.15) is 12.3 Å². The van der Waals surface area contributed by atoms with Crippen LogP contribution in [0.25, 0.3) is 0 Å². The number of alkyl halides is 3. The van der Waals surface area contributed by atoms with Gasteiger partial charge in [0.15, 0.2) is 12.6 Å². The normalized spacial score (nSPS) is 11.6. The summed E-state index contributed by atoms with van der Waals surface area (Å²) in [5.41, 5.74) is -1.54. The van der Waals surface area contributed by atoms with E-state index in [4.69, 9.17) is 9.47 Å². The average Bonchev–Trinajstić information content (AvgIpc) is 3.30. The first-order chi connectivity index (χ1) is 14.3. The number of pyridine rings is 1. The number of ether oxygens (including phenoxy) is 2. The van der Waals surface area contributed by atoms with Crippen LogP contribution >= 0.6 is 0 Å². The number of aromatic nitrogens is 9. The molecule has 1 N–H and O–H groups in total. The summed E-state index contributed by atoms with van der Waals surface area (Å²) in [4.78, 5) is 17.2. The standard InChI is InChI=1S/C14H15F3N10O3/c1-26-13(21-23-25-26)19-12(28)8-3-4-10(14(15,16)17)18-9(8)5-30-6-11-20-24-27(22-11)7-29-2/h3-4H,5-7H2,1-2H3,(H,19,21,25,28). The SMILES string of the molecule is COCn1nnc(COCc2nc(C(F)(F)F)ccc2C(=O)Nc2nnnn2C)n1. The maximum atomic E-state index is 13.0. The van der Waals surface area contributed by atoms with Crippen LogP contribution in [0, 0.1) is 0 Å². The minimum atomic E-state index is -4.69. The number of tetrazole rings is 2. The summed E-state index contributed by atoms with van der Waals surface area (Å²) >= 11 is 0. The van der Waals surface area contributed by atoms with Crippen LogP contribution in [0.5, 0.6) is 0 Å². The molecule has 0 aliphatic rings. The summed E-state index contributed by atoms with van der Waals surface area (Å²) in [6.45, 7) is -0.512. The van der Waals surface area contributed by atoms with E-state index >= 15 is 0 Å². The van der Waals surface area contributed by atoms with E-state index in [1.54, 1.807) is 0 Å². The van der Waals surface area contributed by atoms with Crippen LogP contribution in [0.3, 0.4) is 0 Å². The topological polar surface area (TPSA) is 148 Å². The Labute approximate surface area is 166 Å². The van der Waals surface area contributed by atoms with Gasteiger partial charge >= 0.3 is 6.18 Å². The van der Waals surface area contributed by atoms with Gasteiger partial charge in [0.25, 0.3) is 5.91 Å². The number of carbonyl (C=O) groups is 1. The van der Waals surface area contributed by atoms with E-state index in [0.717, 1.165) is 10.9 Å². The van der Waals surface area contributed by atoms with Crippen molar-refractivity contribution in [3.05, 3.63) is 34.9 Å². The third-order valence-corrected chi connectivity index (χ3v) is 3.56. The van der Waals surface area contributed by atoms with Gasteiger partial charge < -0.3 is 9.47 Å². The zero-order valence-corrected chi connectivity index (χ0v) is 15.7. The molecule has 0 saturated heterocycles. The molecule has 1 amide bonds. The van der Waals surface area contributed by atoms with Gasteiger partial charge in [-0.2, -0.15) is 13.2 Å². The van der Waals surface area contributed by atoms with E-state index < -0.39 is 24.4 Å². The molecule has 3 aromatic rings. The molecular weight excluding hydrogens is 413 g/mol. The van der Waals surface area contributed by atoms with Crippen LogP contribution < -0.4 is 5.32 Å². The van der Waals surface area contributed by atoms with E-state index in [0.29, 0.717) is 6.07 Å². The highest BCUT2D eigenvalue weighted by Crippen LogP contribution is 2.28. The van der Waals surface area contributed by atoms with Crippen molar-refractivity contribution in [3.8, 4) is 0 Å². The van der Waals surface area contributed by atoms with Crippen molar-refractivity contribution in [3.63, 3.8) is 0 Å². The average molecular weight is 428 g/mol. The number of hydrogen-bond donors (Lipinski definition) is 1. The molecule has 30 heavy (non-hydrogen) atoms. The Balaban J connectivity index is 1.76. The summed E-state index contributed by atoms with van der Waals surface area (Å²) in [5, 5.41) is 24.2. The summed E-state index contributed by atoms with van der Waals surface area (Å²) in [7, 11) is 2.93. The van der Waals surface area contributed by atoms with Gasteiger partial charge in [-0.25, -0.2) is 9.67 Å². The Morgan fingerprint density at radius 2 is 2.00 bits per heavy atom. The highest BCUT2D eigenvalue weighted by Gasteiger charge is 2.33. The van der Waals surface area contributed by atoms with Crippen LogP contribution in [0.2, 0.25) is 0 Å². The highest BCUT2D eigenvalue weighted by atomic mass is 19.4. The lowest BCUT2D eigenvalue weighted by molar-refractivity contribution is -0.141. The molecule has 0 spiro atoms. The second-order valence-electron chi connectivity index (χ2n) is 5.76. The van der Waals surface area contributed by atoms with Crippen molar-refractivity contribution in [2.75, 3.05) is 12.4 Å². The largest absolute Gasteiger partial charge is 0.433 e. The summed E-state index contributed by atoms with van der Waals surface area (Å²) in [6, 6.07) is 1.70. The van der Waals surface area contributed by atoms with Crippen LogP contribution in [0.4, 0.5) is 19.1 Å². The number of halogens is 3. The van der Waals surface area contributed by atoms with Gasteiger partial charge in [-0.05, 0) is 27.8 Å². The first-order valence-electron chi connectivity index (χ1n) is 8.22. The summed E-state index contributed by atoms with van der Waals surface area (Å²) in [6.07, 6.45) is -4.69. The van der Waals surface area contributed by atoms with Crippen molar-refractivity contribution in [2.24, 2.45) is 7.05 Å². The lowest BCUT2D eigenvalue weighted by Crippen LogP contribution is -2.20. The van der Waals surface area contributed by atoms with Crippen LogP contribution in [0.1, 0.15) is 27.6 Å². The minimum absolute atomic E-state index is 0.00530. The van der Waals surface area contributed by atoms with Gasteiger partial charge in [-0.3, -0.25) is 10.1 Å². The van der Waals surface area contributed by atoms with E-state index in [-0.39, 0.29) is 36.4 Å². The van der Waals surface area contributed by atoms with E-state index in [1.807, 2.05) is 0 Å². The second kappa shape index (κ2) is 8.87. The monoisotopic (exact) mass is 428 g/mol. The zero-order chi connectivity index (χ0) is 21.7. The molecule has 3 heterocycles. The number of aryl methyl sites for hydroxylation is 1. The molecule has 0 radical (unpaired) electrons. The second-order valence-corrected chi connectivity index (χ2v) is 5.76. The number of methoxy groups -OCH3 is 1. The first-order valence-corrected chi connectivity index (χ1v) is 8.22. The van der Waals surface area contributed by atoms with Gasteiger partial charge in [0.05, 0.1) is 17.9 Å². The number of nitrogens with zero attached hydrogens (tertiary/aromatic N) is 9. The van der Waals surface area contributed by atoms with Crippen molar-refractivity contribution in [1.29, 1.82) is 0 Å². The molecular formula is C14H15F3N10O3. The minimum Gasteiger partial charge on any atom is -0.367 e. The van der Waals surface area contributed by atoms with Crippen molar-refractivity contribution < 1.29 is 27.4 Å². The van der Waals surface area contributed by atoms with Crippen molar-refractivity contribution in [1.82, 2.24) is 45.4 Å². The van der Waals surface area contributed by atoms with Crippen LogP contribution in [0.15, 0.2) is 12.1 Å². The first kappa shape index (κ1) is 21.2. The van der Waals surface area contributed by atoms with Crippen molar-refractivity contribution >= 4 is 11.9 Å². The molecule has 0 fully saturated rings. The number of hydrogen-bond acceptors (Lipinski definition) is 10. The molecule has 3 aromatic heterocycles. The molecule has 0 bridgehead atoms. The quantitative estimate of drug-likeness (QED) is 0.527. The molecule has 13 nitrogen and oxygen atoms in total. The summed E-state index contributed by atoms with van der Waals surface area (Å²) < 4.78 is 50.5. The van der Waals surface area contributed by atoms with E-state index in [2.05, 4.69) is 41.2 Å². The maximum Gasteiger partial charge on any atom is 0.433 e. The lowest BCUT2D eigenvalue weighted by atomic mass is 10.1. The number of nitrogens with one attached hydrogen (secondary N) is 1. The number of anilines is 1. The van der Waals surface area contributed by atoms with Gasteiger partial charge in [-0.15, -0.1) is 15.0 Å². The fraction of sp³-hybridized carbons (Fsp3) is 0.429. The molecule has 0 atom stereocenters. The summed E-state index contributed by atoms with van der Waals surface area (Å²) in [5.74, 6) is -0.571. The molecule has 0 aliphatic carbocycles. The fourth-order valence-corrected chi connectivity index (χ4v) is 2.22. The Morgan fingerprint density at radius 1 is 1.20 bits per heavy atom. The predicted octanol–water partition coefficient (Wildman–Crippen LogP) is 0.183. The number of amides is 1. The van der Waals surface area contributed by atoms with E-state index in [1.165, 1.54) is 18.8 Å². The van der Waals surface area contributed by atoms with Gasteiger partial charge in [0, 0.05) is 14.2 Å². The molecule has 160 valence electrons. The Hall–Kier alpha value is -3.53. The highest BCUT2D eigenvalue weighted by molar-refractivity contribution is 6.04. The molecule has 0 aliphatic heterocycles. The van der Waals surface area contributed by atoms with Gasteiger partial charge in [0.2, 0.25) is 5.95 Å². The van der Waals surface area contributed by atoms with Gasteiger partial charge in [-0.1, -0.05) is 5.10 Å². The predicted molar refractivity (Wildman–Crippen MR) is 89.3 cm³/mol. The lowest BCUT2D eigenvalue weighted by Gasteiger charge is -2.12. The van der Waals surface area contributed by atoms with E-state index in [9.17, 15) is 18.0 Å². The number of rotatable bonds is 8. The molecule has 0 aromatic carbocycles. The third-order valence-electron chi connectivity index (χ3n) is 3.56. The molecule has 16 heteroatoms. The fourth-order valence-electron chi connectivity index (χ4n) is 2.22.